The van der Waals surface area contributed by atoms with Crippen molar-refractivity contribution < 1.29 is 9.59 Å². The van der Waals surface area contributed by atoms with Crippen molar-refractivity contribution in [3.8, 4) is 0 Å². The summed E-state index contributed by atoms with van der Waals surface area (Å²) in [5.74, 6) is 0.521. The molecule has 0 spiro atoms. The van der Waals surface area contributed by atoms with E-state index < -0.39 is 0 Å². The fourth-order valence-electron chi connectivity index (χ4n) is 6.19. The van der Waals surface area contributed by atoms with E-state index >= 15 is 0 Å². The van der Waals surface area contributed by atoms with Gasteiger partial charge in [0, 0.05) is 49.0 Å². The van der Waals surface area contributed by atoms with Gasteiger partial charge in [-0.3, -0.25) is 4.79 Å². The zero-order chi connectivity index (χ0) is 31.0. The third kappa shape index (κ3) is 9.32. The second kappa shape index (κ2) is 15.0. The van der Waals surface area contributed by atoms with E-state index in [1.54, 1.807) is 0 Å². The average molecular weight is 577 g/mol. The molecule has 1 saturated heterocycles. The zero-order valence-electron chi connectivity index (χ0n) is 27.7. The van der Waals surface area contributed by atoms with E-state index in [1.165, 1.54) is 11.1 Å². The molecule has 6 heteroatoms. The Morgan fingerprint density at radius 2 is 1.57 bits per heavy atom. The summed E-state index contributed by atoms with van der Waals surface area (Å²) in [6.07, 6.45) is 4.16. The number of carbonyl (C=O) groups is 2. The first-order chi connectivity index (χ1) is 19.8. The highest BCUT2D eigenvalue weighted by molar-refractivity contribution is 6.04. The number of hydrogen-bond donors (Lipinski definition) is 1. The Morgan fingerprint density at radius 3 is 2.12 bits per heavy atom. The van der Waals surface area contributed by atoms with Crippen molar-refractivity contribution in [3.63, 3.8) is 0 Å². The van der Waals surface area contributed by atoms with Gasteiger partial charge >= 0.3 is 6.03 Å². The van der Waals surface area contributed by atoms with Crippen molar-refractivity contribution >= 4 is 17.6 Å². The summed E-state index contributed by atoms with van der Waals surface area (Å²) in [7, 11) is 0. The van der Waals surface area contributed by atoms with Gasteiger partial charge < -0.3 is 20.0 Å². The summed E-state index contributed by atoms with van der Waals surface area (Å²) >= 11 is 0. The number of piperidine rings is 1. The van der Waals surface area contributed by atoms with Crippen LogP contribution >= 0.6 is 0 Å². The number of anilines is 1. The van der Waals surface area contributed by atoms with Crippen LogP contribution in [0.4, 0.5) is 10.5 Å². The van der Waals surface area contributed by atoms with Gasteiger partial charge in [0.2, 0.25) is 0 Å². The van der Waals surface area contributed by atoms with Gasteiger partial charge in [0.15, 0.2) is 0 Å². The van der Waals surface area contributed by atoms with Crippen LogP contribution in [0.3, 0.4) is 0 Å². The second-order valence-electron chi connectivity index (χ2n) is 13.8. The molecule has 232 valence electrons. The molecule has 0 bridgehead atoms. The van der Waals surface area contributed by atoms with E-state index in [9.17, 15) is 9.59 Å². The summed E-state index contributed by atoms with van der Waals surface area (Å²) in [6, 6.07) is 17.2. The molecule has 0 radical (unpaired) electrons. The van der Waals surface area contributed by atoms with Crippen LogP contribution in [-0.4, -0.2) is 70.9 Å². The van der Waals surface area contributed by atoms with Crippen LogP contribution in [0.5, 0.6) is 0 Å². The van der Waals surface area contributed by atoms with Gasteiger partial charge in [0.05, 0.1) is 0 Å². The van der Waals surface area contributed by atoms with E-state index in [0.717, 1.165) is 57.5 Å². The smallest absolute Gasteiger partial charge is 0.320 e. The first-order valence-corrected chi connectivity index (χ1v) is 16.1. The topological polar surface area (TPSA) is 55.9 Å². The van der Waals surface area contributed by atoms with Gasteiger partial charge in [-0.1, -0.05) is 52.0 Å². The molecule has 1 heterocycles. The molecule has 0 saturated carbocycles. The Bertz CT molecular complexity index is 1140. The number of hydrogen-bond acceptors (Lipinski definition) is 3. The normalized spacial score (nSPS) is 15.4. The summed E-state index contributed by atoms with van der Waals surface area (Å²) in [5, 5.41) is 3.10. The standard InChI is InChI=1S/C36H56N4O2/c1-10-20-39(25-29-18-21-38(22-19-29)35(42)40(26(2)3)27(4)5)28(6)23-30-12-11-13-33(24-30)37-34(41)31-14-16-32(17-15-31)36(7,8)9/h11-17,24,26-29H,10,18-23,25H2,1-9H3,(H,37,41). The molecule has 1 atom stereocenters. The first kappa shape index (κ1) is 33.6. The Balaban J connectivity index is 1.57. The summed E-state index contributed by atoms with van der Waals surface area (Å²) in [4.78, 5) is 32.8. The third-order valence-electron chi connectivity index (χ3n) is 8.57. The van der Waals surface area contributed by atoms with Crippen molar-refractivity contribution in [2.45, 2.75) is 112 Å². The molecule has 1 aliphatic heterocycles. The Morgan fingerprint density at radius 1 is 0.952 bits per heavy atom. The van der Waals surface area contributed by atoms with Crippen LogP contribution in [0.1, 0.15) is 103 Å². The van der Waals surface area contributed by atoms with Crippen LogP contribution in [0.15, 0.2) is 48.5 Å². The molecule has 2 aromatic carbocycles. The molecule has 1 aliphatic rings. The van der Waals surface area contributed by atoms with Crippen molar-refractivity contribution in [1.29, 1.82) is 0 Å². The lowest BCUT2D eigenvalue weighted by atomic mass is 9.87. The third-order valence-corrected chi connectivity index (χ3v) is 8.57. The van der Waals surface area contributed by atoms with E-state index in [4.69, 9.17) is 0 Å². The summed E-state index contributed by atoms with van der Waals surface area (Å²) in [6.45, 7) is 23.3. The van der Waals surface area contributed by atoms with E-state index in [1.807, 2.05) is 41.3 Å². The van der Waals surface area contributed by atoms with Gasteiger partial charge in [-0.05, 0) is 114 Å². The maximum absolute atomic E-state index is 13.2. The Kier molecular flexibility index (Phi) is 12.0. The number of rotatable bonds is 11. The van der Waals surface area contributed by atoms with Crippen LogP contribution in [0.25, 0.3) is 0 Å². The quantitative estimate of drug-likeness (QED) is 0.297. The number of urea groups is 1. The molecule has 0 aromatic heterocycles. The lowest BCUT2D eigenvalue weighted by Gasteiger charge is -2.40. The number of benzene rings is 2. The lowest BCUT2D eigenvalue weighted by Crippen LogP contribution is -2.52. The predicted molar refractivity (Wildman–Crippen MR) is 176 cm³/mol. The fraction of sp³-hybridized carbons (Fsp3) is 0.611. The molecule has 0 aliphatic carbocycles. The van der Waals surface area contributed by atoms with Crippen molar-refractivity contribution in [1.82, 2.24) is 14.7 Å². The van der Waals surface area contributed by atoms with Crippen molar-refractivity contribution in [2.75, 3.05) is 31.5 Å². The highest BCUT2D eigenvalue weighted by atomic mass is 16.2. The predicted octanol–water partition coefficient (Wildman–Crippen LogP) is 7.83. The molecule has 3 rings (SSSR count). The largest absolute Gasteiger partial charge is 0.325 e. The summed E-state index contributed by atoms with van der Waals surface area (Å²) in [5.41, 5.74) is 4.01. The minimum absolute atomic E-state index is 0.0605. The molecule has 6 nitrogen and oxygen atoms in total. The lowest BCUT2D eigenvalue weighted by molar-refractivity contribution is 0.0951. The fourth-order valence-corrected chi connectivity index (χ4v) is 6.19. The molecule has 2 aromatic rings. The molecule has 1 fully saturated rings. The van der Waals surface area contributed by atoms with Gasteiger partial charge in [0.1, 0.15) is 0 Å². The van der Waals surface area contributed by atoms with Crippen LogP contribution in [0.2, 0.25) is 0 Å². The molecular weight excluding hydrogens is 520 g/mol. The number of likely N-dealkylation sites (tertiary alicyclic amines) is 1. The van der Waals surface area contributed by atoms with E-state index in [0.29, 0.717) is 17.5 Å². The average Bonchev–Trinajstić information content (AvgIpc) is 2.92. The maximum atomic E-state index is 13.2. The van der Waals surface area contributed by atoms with Crippen LogP contribution in [0, 0.1) is 5.92 Å². The molecule has 1 N–H and O–H groups in total. The second-order valence-corrected chi connectivity index (χ2v) is 13.8. The van der Waals surface area contributed by atoms with Crippen molar-refractivity contribution in [3.05, 3.63) is 65.2 Å². The molecule has 42 heavy (non-hydrogen) atoms. The van der Waals surface area contributed by atoms with Gasteiger partial charge in [-0.25, -0.2) is 4.79 Å². The Labute approximate surface area is 255 Å². The highest BCUT2D eigenvalue weighted by Gasteiger charge is 2.30. The molecular formula is C36H56N4O2. The number of nitrogens with one attached hydrogen (secondary N) is 1. The molecule has 1 unspecified atom stereocenters. The van der Waals surface area contributed by atoms with Gasteiger partial charge in [-0.2, -0.15) is 0 Å². The van der Waals surface area contributed by atoms with E-state index in [2.05, 4.69) is 89.6 Å². The SMILES string of the molecule is CCCN(CC1CCN(C(=O)N(C(C)C)C(C)C)CC1)C(C)Cc1cccc(NC(=O)c2ccc(C(C)(C)C)cc2)c1. The minimum atomic E-state index is -0.0806. The zero-order valence-corrected chi connectivity index (χ0v) is 27.7. The minimum Gasteiger partial charge on any atom is -0.325 e. The first-order valence-electron chi connectivity index (χ1n) is 16.1. The summed E-state index contributed by atoms with van der Waals surface area (Å²) < 4.78 is 0. The monoisotopic (exact) mass is 576 g/mol. The number of nitrogens with zero attached hydrogens (tertiary/aromatic N) is 3. The Hall–Kier alpha value is -2.86. The van der Waals surface area contributed by atoms with Gasteiger partial charge in [-0.15, -0.1) is 0 Å². The van der Waals surface area contributed by atoms with Gasteiger partial charge in [0.25, 0.3) is 5.91 Å². The van der Waals surface area contributed by atoms with Crippen molar-refractivity contribution in [2.24, 2.45) is 5.92 Å². The van der Waals surface area contributed by atoms with Crippen LogP contribution in [-0.2, 0) is 11.8 Å². The highest BCUT2D eigenvalue weighted by Crippen LogP contribution is 2.25. The number of carbonyl (C=O) groups excluding carboxylic acids is 2. The van der Waals surface area contributed by atoms with E-state index in [-0.39, 0.29) is 29.4 Å². The maximum Gasteiger partial charge on any atom is 0.320 e. The molecule has 3 amide bonds. The number of amides is 3. The van der Waals surface area contributed by atoms with Crippen LogP contribution < -0.4 is 5.32 Å².